The Morgan fingerprint density at radius 2 is 2.18 bits per heavy atom. The van der Waals surface area contributed by atoms with Crippen molar-refractivity contribution in [3.05, 3.63) is 29.8 Å². The van der Waals surface area contributed by atoms with E-state index in [1.807, 2.05) is 38.1 Å². The lowest BCUT2D eigenvalue weighted by Crippen LogP contribution is -2.28. The molecule has 0 aliphatic heterocycles. The van der Waals surface area contributed by atoms with Gasteiger partial charge < -0.3 is 15.8 Å². The Hall–Kier alpha value is -1.55. The van der Waals surface area contributed by atoms with E-state index in [-0.39, 0.29) is 11.9 Å². The molecule has 1 aromatic rings. The van der Waals surface area contributed by atoms with Crippen LogP contribution in [0.5, 0.6) is 0 Å². The molecule has 1 unspecified atom stereocenters. The summed E-state index contributed by atoms with van der Waals surface area (Å²) in [6, 6.07) is 7.46. The molecule has 4 heteroatoms. The van der Waals surface area contributed by atoms with Crippen molar-refractivity contribution >= 4 is 11.6 Å². The molecule has 1 atom stereocenters. The van der Waals surface area contributed by atoms with E-state index in [1.165, 1.54) is 0 Å². The summed E-state index contributed by atoms with van der Waals surface area (Å²) >= 11 is 0. The number of benzene rings is 1. The largest absolute Gasteiger partial charge is 0.398 e. The second-order valence-corrected chi connectivity index (χ2v) is 3.87. The van der Waals surface area contributed by atoms with Gasteiger partial charge in [0.05, 0.1) is 12.6 Å². The fourth-order valence-corrected chi connectivity index (χ4v) is 1.61. The third-order valence-corrected chi connectivity index (χ3v) is 2.52. The van der Waals surface area contributed by atoms with Crippen LogP contribution in [0.2, 0.25) is 0 Å². The molecule has 0 aliphatic rings. The third kappa shape index (κ3) is 4.44. The van der Waals surface area contributed by atoms with Crippen LogP contribution in [0, 0.1) is 0 Å². The number of carbonyl (C=O) groups excluding carboxylic acids is 1. The number of rotatable bonds is 6. The molecule has 0 saturated carbocycles. The molecule has 0 saturated heterocycles. The van der Waals surface area contributed by atoms with Crippen LogP contribution in [-0.2, 0) is 9.53 Å². The van der Waals surface area contributed by atoms with Crippen molar-refractivity contribution in [3.63, 3.8) is 0 Å². The van der Waals surface area contributed by atoms with Gasteiger partial charge in [0.2, 0.25) is 5.91 Å². The van der Waals surface area contributed by atoms with Gasteiger partial charge in [-0.15, -0.1) is 0 Å². The van der Waals surface area contributed by atoms with Crippen LogP contribution in [0.1, 0.15) is 31.9 Å². The lowest BCUT2D eigenvalue weighted by atomic mass is 10.1. The Labute approximate surface area is 102 Å². The van der Waals surface area contributed by atoms with Gasteiger partial charge in [0, 0.05) is 18.7 Å². The molecule has 1 amide bonds. The fraction of sp³-hybridized carbons (Fsp3) is 0.462. The van der Waals surface area contributed by atoms with Crippen molar-refractivity contribution < 1.29 is 9.53 Å². The second-order valence-electron chi connectivity index (χ2n) is 3.87. The van der Waals surface area contributed by atoms with Crippen LogP contribution < -0.4 is 11.1 Å². The van der Waals surface area contributed by atoms with Crippen LogP contribution in [0.3, 0.4) is 0 Å². The second kappa shape index (κ2) is 6.91. The summed E-state index contributed by atoms with van der Waals surface area (Å²) in [4.78, 5) is 11.6. The highest BCUT2D eigenvalue weighted by Crippen LogP contribution is 2.19. The first-order chi connectivity index (χ1) is 8.15. The molecule has 0 aromatic heterocycles. The van der Waals surface area contributed by atoms with Crippen molar-refractivity contribution in [2.45, 2.75) is 26.3 Å². The number of ether oxygens (including phenoxy) is 1. The average molecular weight is 236 g/mol. The molecule has 0 aliphatic carbocycles. The van der Waals surface area contributed by atoms with Gasteiger partial charge in [-0.05, 0) is 25.5 Å². The van der Waals surface area contributed by atoms with Gasteiger partial charge in [0.1, 0.15) is 0 Å². The molecule has 17 heavy (non-hydrogen) atoms. The minimum absolute atomic E-state index is 0.0193. The molecule has 0 bridgehead atoms. The highest BCUT2D eigenvalue weighted by atomic mass is 16.5. The summed E-state index contributed by atoms with van der Waals surface area (Å²) in [7, 11) is 0. The van der Waals surface area contributed by atoms with Crippen LogP contribution in [-0.4, -0.2) is 19.1 Å². The summed E-state index contributed by atoms with van der Waals surface area (Å²) in [6.45, 7) is 4.92. The molecule has 0 heterocycles. The Balaban J connectivity index is 2.46. The van der Waals surface area contributed by atoms with Gasteiger partial charge in [-0.25, -0.2) is 0 Å². The number of nitrogen functional groups attached to an aromatic ring is 1. The van der Waals surface area contributed by atoms with Crippen molar-refractivity contribution in [2.75, 3.05) is 18.9 Å². The summed E-state index contributed by atoms with van der Waals surface area (Å²) in [5, 5.41) is 2.90. The van der Waals surface area contributed by atoms with E-state index in [1.54, 1.807) is 0 Å². The molecular formula is C13H20N2O2. The predicted molar refractivity (Wildman–Crippen MR) is 68.5 cm³/mol. The van der Waals surface area contributed by atoms with Crippen LogP contribution in [0.25, 0.3) is 0 Å². The minimum atomic E-state index is -0.0784. The molecule has 0 radical (unpaired) electrons. The molecular weight excluding hydrogens is 216 g/mol. The lowest BCUT2D eigenvalue weighted by molar-refractivity contribution is -0.122. The SMILES string of the molecule is CCOCCC(=O)NC(C)c1ccccc1N. The maximum atomic E-state index is 11.6. The fourth-order valence-electron chi connectivity index (χ4n) is 1.61. The molecule has 94 valence electrons. The van der Waals surface area contributed by atoms with E-state index in [4.69, 9.17) is 10.5 Å². The van der Waals surface area contributed by atoms with Gasteiger partial charge in [-0.2, -0.15) is 0 Å². The third-order valence-electron chi connectivity index (χ3n) is 2.52. The van der Waals surface area contributed by atoms with E-state index in [2.05, 4.69) is 5.32 Å². The first-order valence-corrected chi connectivity index (χ1v) is 5.86. The number of nitrogens with two attached hydrogens (primary N) is 1. The lowest BCUT2D eigenvalue weighted by Gasteiger charge is -2.16. The summed E-state index contributed by atoms with van der Waals surface area (Å²) < 4.78 is 5.13. The number of amides is 1. The molecule has 1 aromatic carbocycles. The average Bonchev–Trinajstić information content (AvgIpc) is 2.29. The predicted octanol–water partition coefficient (Wildman–Crippen LogP) is 1.87. The highest BCUT2D eigenvalue weighted by Gasteiger charge is 2.11. The number of anilines is 1. The Morgan fingerprint density at radius 3 is 2.82 bits per heavy atom. The minimum Gasteiger partial charge on any atom is -0.398 e. The molecule has 0 fully saturated rings. The molecule has 3 N–H and O–H groups in total. The van der Waals surface area contributed by atoms with E-state index in [0.717, 1.165) is 5.56 Å². The molecule has 0 spiro atoms. The molecule has 4 nitrogen and oxygen atoms in total. The normalized spacial score (nSPS) is 12.1. The van der Waals surface area contributed by atoms with Gasteiger partial charge in [-0.1, -0.05) is 18.2 Å². The number of nitrogens with one attached hydrogen (secondary N) is 1. The smallest absolute Gasteiger partial charge is 0.222 e. The highest BCUT2D eigenvalue weighted by molar-refractivity contribution is 5.76. The number of hydrogen-bond donors (Lipinski definition) is 2. The van der Waals surface area contributed by atoms with Crippen LogP contribution in [0.15, 0.2) is 24.3 Å². The summed E-state index contributed by atoms with van der Waals surface area (Å²) in [5.41, 5.74) is 7.48. The van der Waals surface area contributed by atoms with E-state index in [0.29, 0.717) is 25.3 Å². The first kappa shape index (κ1) is 13.5. The van der Waals surface area contributed by atoms with Crippen LogP contribution in [0.4, 0.5) is 5.69 Å². The van der Waals surface area contributed by atoms with Crippen molar-refractivity contribution in [1.29, 1.82) is 0 Å². The zero-order valence-electron chi connectivity index (χ0n) is 10.4. The summed E-state index contributed by atoms with van der Waals surface area (Å²) in [6.07, 6.45) is 0.380. The van der Waals surface area contributed by atoms with Crippen molar-refractivity contribution in [3.8, 4) is 0 Å². The number of hydrogen-bond acceptors (Lipinski definition) is 3. The van der Waals surface area contributed by atoms with Crippen molar-refractivity contribution in [1.82, 2.24) is 5.32 Å². The van der Waals surface area contributed by atoms with Crippen LogP contribution >= 0.6 is 0 Å². The quantitative estimate of drug-likeness (QED) is 0.585. The topological polar surface area (TPSA) is 64.3 Å². The van der Waals surface area contributed by atoms with Gasteiger partial charge >= 0.3 is 0 Å². The number of carbonyl (C=O) groups is 1. The maximum Gasteiger partial charge on any atom is 0.222 e. The zero-order chi connectivity index (χ0) is 12.7. The Bertz CT molecular complexity index is 366. The Kier molecular flexibility index (Phi) is 5.49. The van der Waals surface area contributed by atoms with E-state index >= 15 is 0 Å². The van der Waals surface area contributed by atoms with Gasteiger partial charge in [0.25, 0.3) is 0 Å². The molecule has 1 rings (SSSR count). The summed E-state index contributed by atoms with van der Waals surface area (Å²) in [5.74, 6) is -0.0193. The maximum absolute atomic E-state index is 11.6. The van der Waals surface area contributed by atoms with Crippen molar-refractivity contribution in [2.24, 2.45) is 0 Å². The standard InChI is InChI=1S/C13H20N2O2/c1-3-17-9-8-13(16)15-10(2)11-6-4-5-7-12(11)14/h4-7,10H,3,8-9,14H2,1-2H3,(H,15,16). The van der Waals surface area contributed by atoms with E-state index in [9.17, 15) is 4.79 Å². The van der Waals surface area contributed by atoms with E-state index < -0.39 is 0 Å². The monoisotopic (exact) mass is 236 g/mol. The first-order valence-electron chi connectivity index (χ1n) is 5.86. The number of para-hydroxylation sites is 1. The van der Waals surface area contributed by atoms with Gasteiger partial charge in [0.15, 0.2) is 0 Å². The van der Waals surface area contributed by atoms with Gasteiger partial charge in [-0.3, -0.25) is 4.79 Å². The Morgan fingerprint density at radius 1 is 1.47 bits per heavy atom. The zero-order valence-corrected chi connectivity index (χ0v) is 10.4.